The predicted octanol–water partition coefficient (Wildman–Crippen LogP) is 4.10. The van der Waals surface area contributed by atoms with Crippen LogP contribution in [0.2, 0.25) is 0 Å². The first-order valence-corrected chi connectivity index (χ1v) is 5.53. The van der Waals surface area contributed by atoms with E-state index in [1.165, 1.54) is 0 Å². The van der Waals surface area contributed by atoms with Gasteiger partial charge in [-0.2, -0.15) is 0 Å². The molecule has 0 saturated carbocycles. The van der Waals surface area contributed by atoms with Gasteiger partial charge in [0.05, 0.1) is 4.47 Å². The lowest BCUT2D eigenvalue weighted by Crippen LogP contribution is -1.91. The Morgan fingerprint density at radius 3 is 2.24 bits per heavy atom. The van der Waals surface area contributed by atoms with E-state index in [1.54, 1.807) is 24.3 Å². The summed E-state index contributed by atoms with van der Waals surface area (Å²) in [5.41, 5.74) is 6.12. The molecule has 0 amide bonds. The summed E-state index contributed by atoms with van der Waals surface area (Å²) in [5, 5.41) is 0. The second kappa shape index (κ2) is 4.71. The first-order chi connectivity index (χ1) is 8.06. The van der Waals surface area contributed by atoms with Crippen LogP contribution in [-0.4, -0.2) is 0 Å². The van der Waals surface area contributed by atoms with Gasteiger partial charge in [-0.1, -0.05) is 0 Å². The van der Waals surface area contributed by atoms with E-state index in [4.69, 9.17) is 10.5 Å². The van der Waals surface area contributed by atoms with E-state index in [-0.39, 0.29) is 5.75 Å². The molecule has 5 heteroatoms. The van der Waals surface area contributed by atoms with Crippen LogP contribution in [0, 0.1) is 11.6 Å². The summed E-state index contributed by atoms with van der Waals surface area (Å²) >= 11 is 3.10. The molecule has 0 aromatic heterocycles. The summed E-state index contributed by atoms with van der Waals surface area (Å²) in [7, 11) is 0. The van der Waals surface area contributed by atoms with Gasteiger partial charge in [0.2, 0.25) is 0 Å². The van der Waals surface area contributed by atoms with Gasteiger partial charge in [0, 0.05) is 11.8 Å². The molecule has 2 aromatic rings. The molecule has 0 atom stereocenters. The molecule has 0 radical (unpaired) electrons. The van der Waals surface area contributed by atoms with Gasteiger partial charge in [0.1, 0.15) is 11.5 Å². The maximum atomic E-state index is 13.0. The number of halogens is 3. The minimum atomic E-state index is -0.960. The monoisotopic (exact) mass is 299 g/mol. The summed E-state index contributed by atoms with van der Waals surface area (Å²) < 4.78 is 31.6. The molecule has 0 aliphatic carbocycles. The van der Waals surface area contributed by atoms with E-state index in [0.29, 0.717) is 15.9 Å². The lowest BCUT2D eigenvalue weighted by Gasteiger charge is -2.08. The molecule has 0 aliphatic heterocycles. The van der Waals surface area contributed by atoms with Gasteiger partial charge in [-0.25, -0.2) is 8.78 Å². The molecule has 2 aromatic carbocycles. The Bertz CT molecular complexity index is 543. The second-order valence-corrected chi connectivity index (χ2v) is 4.22. The van der Waals surface area contributed by atoms with Crippen LogP contribution in [0.4, 0.5) is 14.5 Å². The summed E-state index contributed by atoms with van der Waals surface area (Å²) in [6, 6.07) is 8.59. The number of rotatable bonds is 2. The molecule has 0 saturated heterocycles. The van der Waals surface area contributed by atoms with E-state index in [0.717, 1.165) is 12.1 Å². The zero-order chi connectivity index (χ0) is 12.4. The zero-order valence-corrected chi connectivity index (χ0v) is 10.2. The van der Waals surface area contributed by atoms with Crippen LogP contribution in [-0.2, 0) is 0 Å². The van der Waals surface area contributed by atoms with Crippen molar-refractivity contribution in [2.75, 3.05) is 5.73 Å². The van der Waals surface area contributed by atoms with Gasteiger partial charge in [-0.05, 0) is 46.3 Å². The molecule has 2 N–H and O–H groups in total. The van der Waals surface area contributed by atoms with Crippen LogP contribution >= 0.6 is 15.9 Å². The lowest BCUT2D eigenvalue weighted by atomic mass is 10.3. The quantitative estimate of drug-likeness (QED) is 0.669. The summed E-state index contributed by atoms with van der Waals surface area (Å²) in [5.74, 6) is -1.19. The number of hydrogen-bond acceptors (Lipinski definition) is 2. The third-order valence-corrected chi connectivity index (χ3v) is 2.70. The summed E-state index contributed by atoms with van der Waals surface area (Å²) in [6.45, 7) is 0. The van der Waals surface area contributed by atoms with Crippen molar-refractivity contribution in [1.82, 2.24) is 0 Å². The Labute approximate surface area is 105 Å². The zero-order valence-electron chi connectivity index (χ0n) is 8.58. The molecule has 0 fully saturated rings. The number of benzene rings is 2. The number of hydrogen-bond donors (Lipinski definition) is 1. The van der Waals surface area contributed by atoms with Crippen molar-refractivity contribution in [3.05, 3.63) is 52.5 Å². The molecule has 0 unspecified atom stereocenters. The standard InChI is InChI=1S/C12H8BrF2NO/c13-9-5-10(14)11(15)6-12(9)17-8-3-1-7(16)2-4-8/h1-6H,16H2. The fourth-order valence-electron chi connectivity index (χ4n) is 1.25. The molecule has 0 aliphatic rings. The SMILES string of the molecule is Nc1ccc(Oc2cc(F)c(F)cc2Br)cc1. The van der Waals surface area contributed by atoms with Gasteiger partial charge < -0.3 is 10.5 Å². The molecule has 2 rings (SSSR count). The van der Waals surface area contributed by atoms with Crippen LogP contribution in [0.3, 0.4) is 0 Å². The number of nitrogens with two attached hydrogens (primary N) is 1. The molecule has 0 bridgehead atoms. The molecule has 17 heavy (non-hydrogen) atoms. The highest BCUT2D eigenvalue weighted by Crippen LogP contribution is 2.31. The Morgan fingerprint density at radius 1 is 1.00 bits per heavy atom. The van der Waals surface area contributed by atoms with Gasteiger partial charge in [0.25, 0.3) is 0 Å². The van der Waals surface area contributed by atoms with Crippen LogP contribution < -0.4 is 10.5 Å². The van der Waals surface area contributed by atoms with E-state index >= 15 is 0 Å². The fourth-order valence-corrected chi connectivity index (χ4v) is 1.64. The molecule has 88 valence electrons. The Balaban J connectivity index is 2.30. The summed E-state index contributed by atoms with van der Waals surface area (Å²) in [4.78, 5) is 0. The maximum Gasteiger partial charge on any atom is 0.162 e. The second-order valence-electron chi connectivity index (χ2n) is 3.37. The molecule has 0 spiro atoms. The first-order valence-electron chi connectivity index (χ1n) is 4.74. The van der Waals surface area contributed by atoms with E-state index in [1.807, 2.05) is 0 Å². The van der Waals surface area contributed by atoms with Gasteiger partial charge in [-0.3, -0.25) is 0 Å². The third-order valence-electron chi connectivity index (χ3n) is 2.08. The van der Waals surface area contributed by atoms with Gasteiger partial charge in [-0.15, -0.1) is 0 Å². The number of nitrogen functional groups attached to an aromatic ring is 1. The van der Waals surface area contributed by atoms with E-state index < -0.39 is 11.6 Å². The lowest BCUT2D eigenvalue weighted by molar-refractivity contribution is 0.458. The van der Waals surface area contributed by atoms with Crippen LogP contribution in [0.1, 0.15) is 0 Å². The largest absolute Gasteiger partial charge is 0.456 e. The van der Waals surface area contributed by atoms with Gasteiger partial charge in [0.15, 0.2) is 11.6 Å². The molecule has 0 heterocycles. The number of ether oxygens (including phenoxy) is 1. The highest BCUT2D eigenvalue weighted by Gasteiger charge is 2.09. The maximum absolute atomic E-state index is 13.0. The average Bonchev–Trinajstić information content (AvgIpc) is 2.29. The van der Waals surface area contributed by atoms with Crippen molar-refractivity contribution < 1.29 is 13.5 Å². The van der Waals surface area contributed by atoms with Gasteiger partial charge >= 0.3 is 0 Å². The van der Waals surface area contributed by atoms with Crippen molar-refractivity contribution in [2.45, 2.75) is 0 Å². The molecular formula is C12H8BrF2NO. The minimum absolute atomic E-state index is 0.202. The van der Waals surface area contributed by atoms with E-state index in [9.17, 15) is 8.78 Å². The summed E-state index contributed by atoms with van der Waals surface area (Å²) in [6.07, 6.45) is 0. The third kappa shape index (κ3) is 2.74. The van der Waals surface area contributed by atoms with Crippen molar-refractivity contribution in [3.8, 4) is 11.5 Å². The molecular weight excluding hydrogens is 292 g/mol. The Hall–Kier alpha value is -1.62. The van der Waals surface area contributed by atoms with Crippen LogP contribution in [0.5, 0.6) is 11.5 Å². The Morgan fingerprint density at radius 2 is 1.59 bits per heavy atom. The van der Waals surface area contributed by atoms with Crippen LogP contribution in [0.15, 0.2) is 40.9 Å². The highest BCUT2D eigenvalue weighted by molar-refractivity contribution is 9.10. The first kappa shape index (κ1) is 11.9. The molecule has 2 nitrogen and oxygen atoms in total. The van der Waals surface area contributed by atoms with Crippen LogP contribution in [0.25, 0.3) is 0 Å². The highest BCUT2D eigenvalue weighted by atomic mass is 79.9. The fraction of sp³-hybridized carbons (Fsp3) is 0. The van der Waals surface area contributed by atoms with E-state index in [2.05, 4.69) is 15.9 Å². The van der Waals surface area contributed by atoms with Crippen molar-refractivity contribution in [1.29, 1.82) is 0 Å². The topological polar surface area (TPSA) is 35.2 Å². The van der Waals surface area contributed by atoms with Crippen molar-refractivity contribution in [3.63, 3.8) is 0 Å². The normalized spacial score (nSPS) is 10.3. The predicted molar refractivity (Wildman–Crippen MR) is 65.0 cm³/mol. The smallest absolute Gasteiger partial charge is 0.162 e. The van der Waals surface area contributed by atoms with Crippen molar-refractivity contribution >= 4 is 21.6 Å². The number of anilines is 1. The average molecular weight is 300 g/mol. The van der Waals surface area contributed by atoms with Crippen molar-refractivity contribution in [2.24, 2.45) is 0 Å². The Kier molecular flexibility index (Phi) is 3.28. The minimum Gasteiger partial charge on any atom is -0.456 e.